The normalized spacial score (nSPS) is 10.9. The van der Waals surface area contributed by atoms with Crippen LogP contribution in [0, 0.1) is 0 Å². The van der Waals surface area contributed by atoms with Crippen LogP contribution in [0.25, 0.3) is 0 Å². The smallest absolute Gasteiger partial charge is 0.340 e. The summed E-state index contributed by atoms with van der Waals surface area (Å²) in [6, 6.07) is 9.95. The molecular formula is C21H22Cl2N2O5S. The molecule has 0 spiro atoms. The first-order valence-corrected chi connectivity index (χ1v) is 11.5. The molecule has 0 radical (unpaired) electrons. The predicted octanol–water partition coefficient (Wildman–Crippen LogP) is 4.06. The lowest BCUT2D eigenvalue weighted by molar-refractivity contribution is -0.124. The van der Waals surface area contributed by atoms with Gasteiger partial charge in [0.15, 0.2) is 6.61 Å². The molecule has 31 heavy (non-hydrogen) atoms. The van der Waals surface area contributed by atoms with Gasteiger partial charge in [0.05, 0.1) is 27.7 Å². The summed E-state index contributed by atoms with van der Waals surface area (Å²) in [4.78, 5) is 23.9. The quantitative estimate of drug-likeness (QED) is 0.405. The molecule has 0 unspecified atom stereocenters. The third-order valence-electron chi connectivity index (χ3n) is 4.06. The van der Waals surface area contributed by atoms with E-state index in [1.54, 1.807) is 24.3 Å². The number of rotatable bonds is 10. The van der Waals surface area contributed by atoms with E-state index < -0.39 is 28.5 Å². The number of sulfonamides is 1. The minimum Gasteiger partial charge on any atom is -0.452 e. The molecule has 0 saturated carbocycles. The Morgan fingerprint density at radius 2 is 1.84 bits per heavy atom. The number of carbonyl (C=O) groups excluding carboxylic acids is 2. The van der Waals surface area contributed by atoms with Gasteiger partial charge in [-0.15, -0.1) is 6.58 Å². The minimum absolute atomic E-state index is 0.000296. The summed E-state index contributed by atoms with van der Waals surface area (Å²) >= 11 is 12.0. The molecule has 2 rings (SSSR count). The van der Waals surface area contributed by atoms with Crippen molar-refractivity contribution in [2.24, 2.45) is 0 Å². The van der Waals surface area contributed by atoms with Crippen molar-refractivity contribution in [3.63, 3.8) is 0 Å². The van der Waals surface area contributed by atoms with Crippen molar-refractivity contribution in [2.75, 3.05) is 24.0 Å². The van der Waals surface area contributed by atoms with Crippen LogP contribution in [0.3, 0.4) is 0 Å². The number of halogens is 2. The van der Waals surface area contributed by atoms with Crippen molar-refractivity contribution in [1.82, 2.24) is 5.32 Å². The van der Waals surface area contributed by atoms with Crippen molar-refractivity contribution in [3.05, 3.63) is 70.7 Å². The van der Waals surface area contributed by atoms with Crippen molar-refractivity contribution < 1.29 is 22.7 Å². The maximum atomic E-state index is 13.3. The van der Waals surface area contributed by atoms with Gasteiger partial charge >= 0.3 is 5.97 Å². The van der Waals surface area contributed by atoms with E-state index >= 15 is 0 Å². The summed E-state index contributed by atoms with van der Waals surface area (Å²) in [6.45, 7) is 5.44. The first-order valence-electron chi connectivity index (χ1n) is 9.33. The van der Waals surface area contributed by atoms with Crippen molar-refractivity contribution in [3.8, 4) is 0 Å². The average Bonchev–Trinajstić information content (AvgIpc) is 2.75. The van der Waals surface area contributed by atoms with E-state index in [1.807, 2.05) is 6.92 Å². The molecule has 2 aromatic carbocycles. The van der Waals surface area contributed by atoms with Crippen LogP contribution in [0.2, 0.25) is 10.0 Å². The molecule has 1 N–H and O–H groups in total. The number of benzene rings is 2. The Morgan fingerprint density at radius 3 is 2.45 bits per heavy atom. The van der Waals surface area contributed by atoms with E-state index in [0.29, 0.717) is 17.3 Å². The second kappa shape index (κ2) is 11.2. The lowest BCUT2D eigenvalue weighted by Gasteiger charge is -2.23. The number of ether oxygens (including phenoxy) is 1. The molecule has 0 saturated heterocycles. The molecule has 0 aliphatic heterocycles. The van der Waals surface area contributed by atoms with Crippen LogP contribution in [-0.2, 0) is 19.6 Å². The molecule has 0 heterocycles. The third kappa shape index (κ3) is 6.46. The van der Waals surface area contributed by atoms with Crippen LogP contribution in [0.1, 0.15) is 23.7 Å². The molecule has 1 amide bonds. The fraction of sp³-hybridized carbons (Fsp3) is 0.238. The number of nitrogens with one attached hydrogen (secondary N) is 1. The topological polar surface area (TPSA) is 92.8 Å². The maximum Gasteiger partial charge on any atom is 0.340 e. The van der Waals surface area contributed by atoms with E-state index in [0.717, 1.165) is 16.8 Å². The first kappa shape index (κ1) is 24.7. The third-order valence-corrected chi connectivity index (χ3v) is 6.43. The second-order valence-electron chi connectivity index (χ2n) is 6.37. The van der Waals surface area contributed by atoms with E-state index in [9.17, 15) is 18.0 Å². The van der Waals surface area contributed by atoms with Gasteiger partial charge in [0.25, 0.3) is 15.9 Å². The van der Waals surface area contributed by atoms with Crippen LogP contribution >= 0.6 is 23.2 Å². The van der Waals surface area contributed by atoms with Gasteiger partial charge in [-0.2, -0.15) is 0 Å². The fourth-order valence-electron chi connectivity index (χ4n) is 2.54. The maximum absolute atomic E-state index is 13.3. The first-order chi connectivity index (χ1) is 14.7. The Balaban J connectivity index is 2.32. The summed E-state index contributed by atoms with van der Waals surface area (Å²) < 4.78 is 32.6. The van der Waals surface area contributed by atoms with Gasteiger partial charge in [-0.25, -0.2) is 13.2 Å². The fourth-order valence-corrected chi connectivity index (χ4v) is 4.32. The number of esters is 1. The summed E-state index contributed by atoms with van der Waals surface area (Å²) in [5.41, 5.74) is 0.205. The number of hydrogen-bond donors (Lipinski definition) is 1. The lowest BCUT2D eigenvalue weighted by Crippen LogP contribution is -2.31. The van der Waals surface area contributed by atoms with Gasteiger partial charge in [0, 0.05) is 11.6 Å². The van der Waals surface area contributed by atoms with Gasteiger partial charge in [-0.05, 0) is 48.9 Å². The summed E-state index contributed by atoms with van der Waals surface area (Å²) in [6.07, 6.45) is 2.17. The highest BCUT2D eigenvalue weighted by Crippen LogP contribution is 2.28. The van der Waals surface area contributed by atoms with Gasteiger partial charge in [0.2, 0.25) is 0 Å². The van der Waals surface area contributed by atoms with E-state index in [4.69, 9.17) is 27.9 Å². The second-order valence-corrected chi connectivity index (χ2v) is 9.07. The molecule has 7 nitrogen and oxygen atoms in total. The zero-order valence-corrected chi connectivity index (χ0v) is 19.1. The van der Waals surface area contributed by atoms with Crippen LogP contribution < -0.4 is 9.62 Å². The molecule has 0 bridgehead atoms. The molecule has 0 aromatic heterocycles. The number of amides is 1. The molecule has 166 valence electrons. The molecular weight excluding hydrogens is 463 g/mol. The van der Waals surface area contributed by atoms with Crippen molar-refractivity contribution in [1.29, 1.82) is 0 Å². The molecule has 2 aromatic rings. The zero-order valence-electron chi connectivity index (χ0n) is 16.8. The highest BCUT2D eigenvalue weighted by Gasteiger charge is 2.26. The highest BCUT2D eigenvalue weighted by molar-refractivity contribution is 7.92. The lowest BCUT2D eigenvalue weighted by atomic mass is 10.2. The van der Waals surface area contributed by atoms with Crippen LogP contribution in [-0.4, -0.2) is 40.0 Å². The monoisotopic (exact) mass is 484 g/mol. The van der Waals surface area contributed by atoms with Gasteiger partial charge < -0.3 is 10.1 Å². The van der Waals surface area contributed by atoms with Crippen LogP contribution in [0.5, 0.6) is 0 Å². The number of anilines is 1. The number of carbonyl (C=O) groups is 2. The molecule has 0 fully saturated rings. The molecule has 0 atom stereocenters. The average molecular weight is 485 g/mol. The van der Waals surface area contributed by atoms with Gasteiger partial charge in [-0.1, -0.05) is 36.2 Å². The molecule has 0 aliphatic rings. The van der Waals surface area contributed by atoms with E-state index in [2.05, 4.69) is 11.9 Å². The van der Waals surface area contributed by atoms with Crippen molar-refractivity contribution in [2.45, 2.75) is 18.2 Å². The SMILES string of the molecule is C=CCN(c1ccc(Cl)cc1)S(=O)(=O)c1ccc(Cl)c(C(=O)OCC(=O)NCCC)c1. The van der Waals surface area contributed by atoms with E-state index in [-0.39, 0.29) is 22.0 Å². The van der Waals surface area contributed by atoms with Crippen LogP contribution in [0.4, 0.5) is 5.69 Å². The summed E-state index contributed by atoms with van der Waals surface area (Å²) in [5.74, 6) is -1.37. The van der Waals surface area contributed by atoms with Crippen LogP contribution in [0.15, 0.2) is 60.0 Å². The summed E-state index contributed by atoms with van der Waals surface area (Å²) in [5, 5.41) is 3.03. The molecule has 10 heteroatoms. The Kier molecular flexibility index (Phi) is 8.91. The molecule has 0 aliphatic carbocycles. The Morgan fingerprint density at radius 1 is 1.16 bits per heavy atom. The van der Waals surface area contributed by atoms with E-state index in [1.165, 1.54) is 18.2 Å². The highest BCUT2D eigenvalue weighted by atomic mass is 35.5. The van der Waals surface area contributed by atoms with Crippen molar-refractivity contribution >= 4 is 50.8 Å². The Bertz CT molecular complexity index is 1060. The Labute approximate surface area is 191 Å². The zero-order chi connectivity index (χ0) is 23.0. The standard InChI is InChI=1S/C21H22Cl2N2O5S/c1-3-11-24-20(26)14-30-21(27)18-13-17(9-10-19(18)23)31(28,29)25(12-4-2)16-7-5-15(22)6-8-16/h4-10,13H,2-3,11-12,14H2,1H3,(H,24,26). The Hall–Kier alpha value is -2.55. The minimum atomic E-state index is -4.07. The number of hydrogen-bond acceptors (Lipinski definition) is 5. The summed E-state index contributed by atoms with van der Waals surface area (Å²) in [7, 11) is -4.07. The predicted molar refractivity (Wildman–Crippen MR) is 121 cm³/mol. The van der Waals surface area contributed by atoms with Gasteiger partial charge in [0.1, 0.15) is 0 Å². The number of nitrogens with zero attached hydrogens (tertiary/aromatic N) is 1. The van der Waals surface area contributed by atoms with Gasteiger partial charge in [-0.3, -0.25) is 9.10 Å². The largest absolute Gasteiger partial charge is 0.452 e.